The number of hydrogen-bond donors (Lipinski definition) is 2. The van der Waals surface area contributed by atoms with Crippen molar-refractivity contribution in [2.75, 3.05) is 0 Å². The average Bonchev–Trinajstić information content (AvgIpc) is 2.78. The van der Waals surface area contributed by atoms with Crippen LogP contribution in [0.1, 0.15) is 55.5 Å². The van der Waals surface area contributed by atoms with E-state index in [1.807, 2.05) is 11.3 Å². The highest BCUT2D eigenvalue weighted by Crippen LogP contribution is 2.41. The maximum atomic E-state index is 5.84. The third-order valence-corrected chi connectivity index (χ3v) is 5.39. The molecular weight excluding hydrogens is 228 g/mol. The summed E-state index contributed by atoms with van der Waals surface area (Å²) < 4.78 is 0. The molecular formula is C14H24N2S. The van der Waals surface area contributed by atoms with Gasteiger partial charge in [-0.3, -0.25) is 11.3 Å². The van der Waals surface area contributed by atoms with Gasteiger partial charge in [-0.05, 0) is 42.2 Å². The molecule has 1 aromatic rings. The molecule has 3 heteroatoms. The smallest absolute Gasteiger partial charge is 0.0586 e. The van der Waals surface area contributed by atoms with Crippen LogP contribution in [0.2, 0.25) is 0 Å². The Hall–Kier alpha value is -0.380. The zero-order chi connectivity index (χ0) is 12.3. The van der Waals surface area contributed by atoms with Gasteiger partial charge in [0.1, 0.15) is 0 Å². The van der Waals surface area contributed by atoms with Crippen LogP contribution < -0.4 is 11.3 Å². The van der Waals surface area contributed by atoms with Crippen molar-refractivity contribution in [1.29, 1.82) is 0 Å². The first-order valence-electron chi connectivity index (χ1n) is 6.78. The Morgan fingerprint density at radius 3 is 2.82 bits per heavy atom. The minimum atomic E-state index is 0.361. The lowest BCUT2D eigenvalue weighted by Crippen LogP contribution is -2.37. The van der Waals surface area contributed by atoms with Gasteiger partial charge >= 0.3 is 0 Å². The maximum absolute atomic E-state index is 5.84. The molecule has 1 fully saturated rings. The zero-order valence-corrected chi connectivity index (χ0v) is 11.7. The van der Waals surface area contributed by atoms with Crippen molar-refractivity contribution in [1.82, 2.24) is 5.43 Å². The molecule has 3 atom stereocenters. The van der Waals surface area contributed by atoms with Crippen LogP contribution in [0.5, 0.6) is 0 Å². The van der Waals surface area contributed by atoms with Crippen molar-refractivity contribution in [3.63, 3.8) is 0 Å². The largest absolute Gasteiger partial charge is 0.271 e. The Morgan fingerprint density at radius 2 is 2.24 bits per heavy atom. The summed E-state index contributed by atoms with van der Waals surface area (Å²) >= 11 is 1.85. The van der Waals surface area contributed by atoms with Gasteiger partial charge in [0.15, 0.2) is 0 Å². The van der Waals surface area contributed by atoms with Crippen molar-refractivity contribution < 1.29 is 0 Å². The van der Waals surface area contributed by atoms with E-state index in [1.54, 1.807) is 0 Å². The van der Waals surface area contributed by atoms with Gasteiger partial charge in [0.2, 0.25) is 0 Å². The number of rotatable bonds is 4. The van der Waals surface area contributed by atoms with Gasteiger partial charge in [-0.1, -0.05) is 32.6 Å². The maximum Gasteiger partial charge on any atom is 0.0586 e. The summed E-state index contributed by atoms with van der Waals surface area (Å²) in [5.41, 5.74) is 4.48. The summed E-state index contributed by atoms with van der Waals surface area (Å²) in [6.07, 6.45) is 6.75. The fraction of sp³-hybridized carbons (Fsp3) is 0.714. The predicted molar refractivity (Wildman–Crippen MR) is 74.9 cm³/mol. The molecule has 96 valence electrons. The molecule has 17 heavy (non-hydrogen) atoms. The summed E-state index contributed by atoms with van der Waals surface area (Å²) in [6.45, 7) is 4.51. The van der Waals surface area contributed by atoms with E-state index in [9.17, 15) is 0 Å². The minimum absolute atomic E-state index is 0.361. The van der Waals surface area contributed by atoms with Crippen molar-refractivity contribution >= 4 is 11.3 Å². The van der Waals surface area contributed by atoms with Crippen LogP contribution in [0.3, 0.4) is 0 Å². The molecule has 1 aromatic heterocycles. The monoisotopic (exact) mass is 252 g/mol. The van der Waals surface area contributed by atoms with Crippen molar-refractivity contribution in [3.8, 4) is 0 Å². The summed E-state index contributed by atoms with van der Waals surface area (Å²) in [5.74, 6) is 7.40. The standard InChI is InChI=1S/C14H24N2S/c1-3-11-6-4-5-7-12(11)13(16-15)14-10(2)8-9-17-14/h8-9,11-13,16H,3-7,15H2,1-2H3. The number of hydrazine groups is 1. The fourth-order valence-electron chi connectivity index (χ4n) is 3.28. The van der Waals surface area contributed by atoms with E-state index in [1.165, 1.54) is 42.5 Å². The molecule has 2 nitrogen and oxygen atoms in total. The van der Waals surface area contributed by atoms with Gasteiger partial charge in [-0.15, -0.1) is 11.3 Å². The highest BCUT2D eigenvalue weighted by Gasteiger charge is 2.32. The summed E-state index contributed by atoms with van der Waals surface area (Å²) in [6, 6.07) is 2.56. The molecule has 1 aliphatic rings. The molecule has 1 saturated carbocycles. The lowest BCUT2D eigenvalue weighted by Gasteiger charge is -2.36. The number of nitrogens with one attached hydrogen (secondary N) is 1. The van der Waals surface area contributed by atoms with E-state index in [4.69, 9.17) is 5.84 Å². The molecule has 0 amide bonds. The second-order valence-corrected chi connectivity index (χ2v) is 6.18. The van der Waals surface area contributed by atoms with Crippen LogP contribution in [0.15, 0.2) is 11.4 Å². The number of hydrogen-bond acceptors (Lipinski definition) is 3. The van der Waals surface area contributed by atoms with Gasteiger partial charge in [-0.2, -0.15) is 0 Å². The quantitative estimate of drug-likeness (QED) is 0.632. The van der Waals surface area contributed by atoms with Gasteiger partial charge in [0.05, 0.1) is 6.04 Å². The first-order valence-corrected chi connectivity index (χ1v) is 7.66. The highest BCUT2D eigenvalue weighted by atomic mass is 32.1. The summed E-state index contributed by atoms with van der Waals surface area (Å²) in [7, 11) is 0. The summed E-state index contributed by atoms with van der Waals surface area (Å²) in [4.78, 5) is 1.44. The topological polar surface area (TPSA) is 38.0 Å². The zero-order valence-electron chi connectivity index (χ0n) is 10.9. The third kappa shape index (κ3) is 2.72. The van der Waals surface area contributed by atoms with Crippen molar-refractivity contribution in [2.24, 2.45) is 17.7 Å². The molecule has 0 radical (unpaired) electrons. The fourth-order valence-corrected chi connectivity index (χ4v) is 4.34. The van der Waals surface area contributed by atoms with E-state index in [2.05, 4.69) is 30.7 Å². The molecule has 3 N–H and O–H groups in total. The normalized spacial score (nSPS) is 27.0. The lowest BCUT2D eigenvalue weighted by molar-refractivity contribution is 0.177. The third-order valence-electron chi connectivity index (χ3n) is 4.28. The lowest BCUT2D eigenvalue weighted by atomic mass is 9.73. The van der Waals surface area contributed by atoms with Crippen LogP contribution in [-0.2, 0) is 0 Å². The van der Waals surface area contributed by atoms with Crippen LogP contribution in [0.25, 0.3) is 0 Å². The van der Waals surface area contributed by atoms with E-state index in [-0.39, 0.29) is 0 Å². The molecule has 1 aliphatic carbocycles. The molecule has 2 rings (SSSR count). The Labute approximate surface area is 109 Å². The number of nitrogens with two attached hydrogens (primary N) is 1. The van der Waals surface area contributed by atoms with Crippen LogP contribution in [-0.4, -0.2) is 0 Å². The first-order chi connectivity index (χ1) is 8.27. The minimum Gasteiger partial charge on any atom is -0.271 e. The molecule has 0 saturated heterocycles. The SMILES string of the molecule is CCC1CCCCC1C(NN)c1sccc1C. The van der Waals surface area contributed by atoms with E-state index in [0.29, 0.717) is 6.04 Å². The van der Waals surface area contributed by atoms with E-state index in [0.717, 1.165) is 11.8 Å². The second-order valence-electron chi connectivity index (χ2n) is 5.23. The van der Waals surface area contributed by atoms with E-state index >= 15 is 0 Å². The molecule has 0 aromatic carbocycles. The predicted octanol–water partition coefficient (Wildman–Crippen LogP) is 3.78. The van der Waals surface area contributed by atoms with Gasteiger partial charge in [-0.25, -0.2) is 0 Å². The Bertz CT molecular complexity index is 348. The van der Waals surface area contributed by atoms with Crippen molar-refractivity contribution in [2.45, 2.75) is 52.0 Å². The summed E-state index contributed by atoms with van der Waals surface area (Å²) in [5, 5.41) is 2.18. The molecule has 0 spiro atoms. The van der Waals surface area contributed by atoms with Gasteiger partial charge < -0.3 is 0 Å². The number of aryl methyl sites for hydroxylation is 1. The van der Waals surface area contributed by atoms with Crippen molar-refractivity contribution in [3.05, 3.63) is 21.9 Å². The van der Waals surface area contributed by atoms with Crippen LogP contribution in [0, 0.1) is 18.8 Å². The van der Waals surface area contributed by atoms with Gasteiger partial charge in [0, 0.05) is 4.88 Å². The van der Waals surface area contributed by atoms with E-state index < -0.39 is 0 Å². The molecule has 1 heterocycles. The molecule has 0 aliphatic heterocycles. The van der Waals surface area contributed by atoms with Crippen LogP contribution >= 0.6 is 11.3 Å². The highest BCUT2D eigenvalue weighted by molar-refractivity contribution is 7.10. The second kappa shape index (κ2) is 5.98. The average molecular weight is 252 g/mol. The Kier molecular flexibility index (Phi) is 4.60. The Morgan fingerprint density at radius 1 is 1.47 bits per heavy atom. The van der Waals surface area contributed by atoms with Crippen LogP contribution in [0.4, 0.5) is 0 Å². The molecule has 3 unspecified atom stereocenters. The van der Waals surface area contributed by atoms with Gasteiger partial charge in [0.25, 0.3) is 0 Å². The first kappa shape index (κ1) is 13.1. The Balaban J connectivity index is 2.19. The molecule has 0 bridgehead atoms. The number of thiophene rings is 1.